The Morgan fingerprint density at radius 3 is 1.91 bits per heavy atom. The number of anilines is 1. The molecule has 1 aromatic heterocycles. The lowest BCUT2D eigenvalue weighted by molar-refractivity contribution is 0.413. The van der Waals surface area contributed by atoms with Gasteiger partial charge < -0.3 is 18.6 Å². The molecule has 0 radical (unpaired) electrons. The second-order valence-corrected chi connectivity index (χ2v) is 8.94. The molecule has 4 rings (SSSR count). The molecule has 0 aliphatic rings. The van der Waals surface area contributed by atoms with E-state index in [0.29, 0.717) is 22.5 Å². The maximum Gasteiger partial charge on any atom is 0.316 e. The summed E-state index contributed by atoms with van der Waals surface area (Å²) in [6, 6.07) is 17.6. The zero-order chi connectivity index (χ0) is 23.8. The first-order valence-corrected chi connectivity index (χ1v) is 11.3. The number of aromatic nitrogens is 2. The van der Waals surface area contributed by atoms with Crippen LogP contribution in [0, 0.1) is 0 Å². The van der Waals surface area contributed by atoms with E-state index in [9.17, 15) is 18.0 Å². The Labute approximate surface area is 189 Å². The molecular weight excluding hydrogens is 446 g/mol. The van der Waals surface area contributed by atoms with Gasteiger partial charge in [-0.05, 0) is 42.5 Å². The van der Waals surface area contributed by atoms with Gasteiger partial charge in [0, 0.05) is 20.2 Å². The molecule has 0 aliphatic carbocycles. The predicted molar refractivity (Wildman–Crippen MR) is 125 cm³/mol. The van der Waals surface area contributed by atoms with Crippen LogP contribution in [0.25, 0.3) is 11.0 Å². The summed E-state index contributed by atoms with van der Waals surface area (Å²) in [4.78, 5) is 24.7. The Morgan fingerprint density at radius 1 is 0.788 bits per heavy atom. The molecule has 0 bridgehead atoms. The topological polar surface area (TPSA) is 109 Å². The van der Waals surface area contributed by atoms with Crippen LogP contribution in [-0.2, 0) is 24.1 Å². The van der Waals surface area contributed by atoms with Crippen molar-refractivity contribution in [1.82, 2.24) is 9.13 Å². The lowest BCUT2D eigenvalue weighted by atomic mass is 10.2. The average Bonchev–Trinajstić information content (AvgIpc) is 2.83. The van der Waals surface area contributed by atoms with Crippen molar-refractivity contribution in [3.05, 3.63) is 87.4 Å². The van der Waals surface area contributed by atoms with Crippen LogP contribution < -0.4 is 25.3 Å². The summed E-state index contributed by atoms with van der Waals surface area (Å²) >= 11 is 0. The minimum atomic E-state index is -3.95. The summed E-state index contributed by atoms with van der Waals surface area (Å²) in [5.41, 5.74) is -0.581. The standard InChI is InChI=1S/C23H21N3O6S/c1-25-19-13-18(24-33(29,30)17-7-5-4-6-8-17)21(14-20(19)26(2)23(28)22(25)27)32-16-11-9-15(31-3)10-12-16/h4-14,24H,1-3H3. The van der Waals surface area contributed by atoms with Crippen molar-refractivity contribution >= 4 is 26.7 Å². The van der Waals surface area contributed by atoms with Gasteiger partial charge in [-0.25, -0.2) is 8.42 Å². The second-order valence-electron chi connectivity index (χ2n) is 7.26. The smallest absolute Gasteiger partial charge is 0.316 e. The zero-order valence-corrected chi connectivity index (χ0v) is 18.9. The highest BCUT2D eigenvalue weighted by atomic mass is 32.2. The lowest BCUT2D eigenvalue weighted by Crippen LogP contribution is -2.39. The first-order chi connectivity index (χ1) is 15.7. The van der Waals surface area contributed by atoms with Gasteiger partial charge in [0.05, 0.1) is 28.7 Å². The van der Waals surface area contributed by atoms with Crippen LogP contribution in [0.2, 0.25) is 0 Å². The van der Waals surface area contributed by atoms with Gasteiger partial charge in [0.2, 0.25) is 0 Å². The van der Waals surface area contributed by atoms with Crippen LogP contribution >= 0.6 is 0 Å². The summed E-state index contributed by atoms with van der Waals surface area (Å²) in [5.74, 6) is 1.20. The molecule has 0 saturated carbocycles. The number of hydrogen-bond acceptors (Lipinski definition) is 6. The molecule has 0 amide bonds. The minimum Gasteiger partial charge on any atom is -0.497 e. The van der Waals surface area contributed by atoms with E-state index in [1.54, 1.807) is 49.6 Å². The highest BCUT2D eigenvalue weighted by molar-refractivity contribution is 7.92. The van der Waals surface area contributed by atoms with E-state index in [1.165, 1.54) is 47.5 Å². The number of nitrogens with one attached hydrogen (secondary N) is 1. The molecule has 1 N–H and O–H groups in total. The fourth-order valence-corrected chi connectivity index (χ4v) is 4.42. The molecule has 0 atom stereocenters. The molecule has 10 heteroatoms. The van der Waals surface area contributed by atoms with Crippen LogP contribution in [0.5, 0.6) is 17.2 Å². The van der Waals surface area contributed by atoms with E-state index in [4.69, 9.17) is 9.47 Å². The number of nitrogens with zero attached hydrogens (tertiary/aromatic N) is 2. The number of hydrogen-bond donors (Lipinski definition) is 1. The van der Waals surface area contributed by atoms with Crippen LogP contribution in [0.1, 0.15) is 0 Å². The predicted octanol–water partition coefficient (Wildman–Crippen LogP) is 2.84. The number of methoxy groups -OCH3 is 1. The summed E-state index contributed by atoms with van der Waals surface area (Å²) in [6.07, 6.45) is 0. The number of fused-ring (bicyclic) bond motifs is 1. The van der Waals surface area contributed by atoms with Crippen molar-refractivity contribution in [2.75, 3.05) is 11.8 Å². The summed E-state index contributed by atoms with van der Waals surface area (Å²) in [7, 11) is 0.507. The van der Waals surface area contributed by atoms with Gasteiger partial charge in [-0.1, -0.05) is 18.2 Å². The van der Waals surface area contributed by atoms with Crippen LogP contribution in [0.4, 0.5) is 5.69 Å². The molecule has 0 saturated heterocycles. The van der Waals surface area contributed by atoms with Crippen LogP contribution in [-0.4, -0.2) is 24.7 Å². The molecule has 170 valence electrons. The van der Waals surface area contributed by atoms with E-state index < -0.39 is 21.1 Å². The van der Waals surface area contributed by atoms with E-state index in [0.717, 1.165) is 0 Å². The van der Waals surface area contributed by atoms with Crippen molar-refractivity contribution in [3.8, 4) is 17.2 Å². The van der Waals surface area contributed by atoms with Gasteiger partial charge >= 0.3 is 11.1 Å². The largest absolute Gasteiger partial charge is 0.497 e. The Hall–Kier alpha value is -4.05. The number of benzene rings is 3. The molecule has 3 aromatic carbocycles. The second kappa shape index (κ2) is 8.47. The third-order valence-corrected chi connectivity index (χ3v) is 6.56. The highest BCUT2D eigenvalue weighted by Crippen LogP contribution is 2.35. The van der Waals surface area contributed by atoms with Gasteiger partial charge in [-0.2, -0.15) is 0 Å². The Kier molecular flexibility index (Phi) is 5.69. The number of ether oxygens (including phenoxy) is 2. The van der Waals surface area contributed by atoms with Gasteiger partial charge in [0.1, 0.15) is 11.5 Å². The van der Waals surface area contributed by atoms with E-state index in [-0.39, 0.29) is 16.3 Å². The van der Waals surface area contributed by atoms with Crippen LogP contribution in [0.15, 0.2) is 81.2 Å². The quantitative estimate of drug-likeness (QED) is 0.437. The molecule has 1 heterocycles. The molecule has 0 aliphatic heterocycles. The molecule has 0 fully saturated rings. The summed E-state index contributed by atoms with van der Waals surface area (Å²) < 4.78 is 42.0. The summed E-state index contributed by atoms with van der Waals surface area (Å²) in [5, 5.41) is 0. The van der Waals surface area contributed by atoms with Crippen molar-refractivity contribution < 1.29 is 17.9 Å². The van der Waals surface area contributed by atoms with Gasteiger partial charge in [-0.3, -0.25) is 14.3 Å². The zero-order valence-electron chi connectivity index (χ0n) is 18.1. The Bertz CT molecular complexity index is 1560. The first kappa shape index (κ1) is 22.2. The van der Waals surface area contributed by atoms with E-state index >= 15 is 0 Å². The molecule has 4 aromatic rings. The average molecular weight is 468 g/mol. The lowest BCUT2D eigenvalue weighted by Gasteiger charge is -2.17. The van der Waals surface area contributed by atoms with Gasteiger partial charge in [0.15, 0.2) is 5.75 Å². The highest BCUT2D eigenvalue weighted by Gasteiger charge is 2.20. The van der Waals surface area contributed by atoms with Gasteiger partial charge in [0.25, 0.3) is 10.0 Å². The fraction of sp³-hybridized carbons (Fsp3) is 0.130. The maximum atomic E-state index is 13.0. The number of aryl methyl sites for hydroxylation is 2. The van der Waals surface area contributed by atoms with E-state index in [1.807, 2.05) is 0 Å². The van der Waals surface area contributed by atoms with Gasteiger partial charge in [-0.15, -0.1) is 0 Å². The Balaban J connectivity index is 1.90. The summed E-state index contributed by atoms with van der Waals surface area (Å²) in [6.45, 7) is 0. The normalized spacial score (nSPS) is 11.4. The first-order valence-electron chi connectivity index (χ1n) is 9.85. The third-order valence-electron chi connectivity index (χ3n) is 5.18. The third kappa shape index (κ3) is 4.20. The molecule has 9 nitrogen and oxygen atoms in total. The molecule has 0 unspecified atom stereocenters. The molecule has 0 spiro atoms. The minimum absolute atomic E-state index is 0.0647. The maximum absolute atomic E-state index is 13.0. The fourth-order valence-electron chi connectivity index (χ4n) is 3.34. The van der Waals surface area contributed by atoms with Crippen molar-refractivity contribution in [1.29, 1.82) is 0 Å². The monoisotopic (exact) mass is 467 g/mol. The van der Waals surface area contributed by atoms with Crippen LogP contribution in [0.3, 0.4) is 0 Å². The molecule has 33 heavy (non-hydrogen) atoms. The van der Waals surface area contributed by atoms with Crippen molar-refractivity contribution in [2.24, 2.45) is 14.1 Å². The van der Waals surface area contributed by atoms with Crippen molar-refractivity contribution in [2.45, 2.75) is 4.90 Å². The number of rotatable bonds is 6. The van der Waals surface area contributed by atoms with E-state index in [2.05, 4.69) is 4.72 Å². The Morgan fingerprint density at radius 2 is 1.33 bits per heavy atom. The number of sulfonamides is 1. The molecular formula is C23H21N3O6S. The SMILES string of the molecule is COc1ccc(Oc2cc3c(cc2NS(=O)(=O)c2ccccc2)n(C)c(=O)c(=O)n3C)cc1. The van der Waals surface area contributed by atoms with Crippen molar-refractivity contribution in [3.63, 3.8) is 0 Å².